The topological polar surface area (TPSA) is 50.1 Å². The van der Waals surface area contributed by atoms with Crippen LogP contribution in [-0.2, 0) is 9.53 Å². The van der Waals surface area contributed by atoms with Crippen LogP contribution in [-0.4, -0.2) is 12.1 Å². The Morgan fingerprint density at radius 2 is 2.33 bits per heavy atom. The van der Waals surface area contributed by atoms with E-state index in [1.807, 2.05) is 6.07 Å². The van der Waals surface area contributed by atoms with Crippen molar-refractivity contribution in [2.24, 2.45) is 0 Å². The van der Waals surface area contributed by atoms with E-state index in [2.05, 4.69) is 6.58 Å². The number of carbonyl (C=O) groups is 1. The van der Waals surface area contributed by atoms with Gasteiger partial charge in [0.2, 0.25) is 6.10 Å². The Kier molecular flexibility index (Phi) is 4.47. The lowest BCUT2D eigenvalue weighted by Crippen LogP contribution is -2.14. The highest BCUT2D eigenvalue weighted by molar-refractivity contribution is 5.87. The van der Waals surface area contributed by atoms with E-state index in [-0.39, 0.29) is 0 Å². The summed E-state index contributed by atoms with van der Waals surface area (Å²) in [5, 5.41) is 8.48. The summed E-state index contributed by atoms with van der Waals surface area (Å²) in [7, 11) is 0. The highest BCUT2D eigenvalue weighted by Gasteiger charge is 2.09. The summed E-state index contributed by atoms with van der Waals surface area (Å²) in [4.78, 5) is 10.9. The summed E-state index contributed by atoms with van der Waals surface area (Å²) in [6.45, 7) is 6.68. The van der Waals surface area contributed by atoms with Crippen LogP contribution in [0.3, 0.4) is 0 Å². The zero-order valence-corrected chi connectivity index (χ0v) is 7.20. The van der Waals surface area contributed by atoms with Crippen molar-refractivity contribution in [1.82, 2.24) is 0 Å². The number of carbonyl (C=O) groups excluding carboxylic acids is 1. The summed E-state index contributed by atoms with van der Waals surface area (Å²) in [6, 6.07) is 1.82. The second kappa shape index (κ2) is 5.14. The first-order valence-electron chi connectivity index (χ1n) is 3.50. The number of hydrogen-bond donors (Lipinski definition) is 0. The van der Waals surface area contributed by atoms with Gasteiger partial charge in [0, 0.05) is 5.57 Å². The molecule has 0 N–H and O–H groups in total. The van der Waals surface area contributed by atoms with E-state index in [0.29, 0.717) is 5.57 Å². The van der Waals surface area contributed by atoms with Crippen LogP contribution in [0.25, 0.3) is 0 Å². The molecule has 1 unspecified atom stereocenters. The first-order valence-corrected chi connectivity index (χ1v) is 3.50. The number of nitrogens with zero attached hydrogens (tertiary/aromatic N) is 1. The van der Waals surface area contributed by atoms with E-state index in [4.69, 9.17) is 10.00 Å². The van der Waals surface area contributed by atoms with E-state index in [0.717, 1.165) is 0 Å². The zero-order valence-electron chi connectivity index (χ0n) is 7.20. The van der Waals surface area contributed by atoms with Gasteiger partial charge in [-0.05, 0) is 19.9 Å². The normalized spacial score (nSPS) is 12.1. The SMILES string of the molecule is C=C(C)C(=O)OC(C#N)C=CC. The average Bonchev–Trinajstić information content (AvgIpc) is 2.03. The predicted molar refractivity (Wildman–Crippen MR) is 45.1 cm³/mol. The molecular formula is C9H11NO2. The Balaban J connectivity index is 4.15. The van der Waals surface area contributed by atoms with Crippen LogP contribution in [0.4, 0.5) is 0 Å². The van der Waals surface area contributed by atoms with E-state index >= 15 is 0 Å². The van der Waals surface area contributed by atoms with Crippen LogP contribution in [0.2, 0.25) is 0 Å². The van der Waals surface area contributed by atoms with Gasteiger partial charge < -0.3 is 4.74 Å². The van der Waals surface area contributed by atoms with Gasteiger partial charge in [-0.3, -0.25) is 0 Å². The van der Waals surface area contributed by atoms with Crippen molar-refractivity contribution in [1.29, 1.82) is 5.26 Å². The minimum atomic E-state index is -0.806. The van der Waals surface area contributed by atoms with E-state index in [1.165, 1.54) is 13.0 Å². The molecule has 0 fully saturated rings. The molecule has 3 nitrogen and oxygen atoms in total. The molecule has 0 heterocycles. The fraction of sp³-hybridized carbons (Fsp3) is 0.333. The van der Waals surface area contributed by atoms with Gasteiger partial charge in [0.15, 0.2) is 0 Å². The molecule has 0 aromatic rings. The first kappa shape index (κ1) is 10.4. The lowest BCUT2D eigenvalue weighted by atomic mass is 10.3. The highest BCUT2D eigenvalue weighted by Crippen LogP contribution is 1.99. The Bertz CT molecular complexity index is 248. The lowest BCUT2D eigenvalue weighted by molar-refractivity contribution is -0.140. The summed E-state index contributed by atoms with van der Waals surface area (Å²) in [5.74, 6) is -0.542. The van der Waals surface area contributed by atoms with Gasteiger partial charge in [-0.15, -0.1) is 0 Å². The molecule has 0 radical (unpaired) electrons. The molecule has 1 atom stereocenters. The maximum atomic E-state index is 10.9. The van der Waals surface area contributed by atoms with Crippen molar-refractivity contribution in [2.75, 3.05) is 0 Å². The molecule has 0 spiro atoms. The summed E-state index contributed by atoms with van der Waals surface area (Å²) < 4.78 is 4.72. The summed E-state index contributed by atoms with van der Waals surface area (Å²) in [6.07, 6.45) is 2.35. The van der Waals surface area contributed by atoms with Gasteiger partial charge in [-0.25, -0.2) is 4.79 Å². The Morgan fingerprint density at radius 3 is 2.67 bits per heavy atom. The molecule has 0 rings (SSSR count). The monoisotopic (exact) mass is 165 g/mol. The molecule has 0 amide bonds. The number of rotatable bonds is 3. The van der Waals surface area contributed by atoms with Crippen LogP contribution >= 0.6 is 0 Å². The van der Waals surface area contributed by atoms with Crippen molar-refractivity contribution in [3.8, 4) is 6.07 Å². The van der Waals surface area contributed by atoms with Gasteiger partial charge in [-0.2, -0.15) is 5.26 Å². The molecule has 0 saturated heterocycles. The van der Waals surface area contributed by atoms with Crippen molar-refractivity contribution in [2.45, 2.75) is 20.0 Å². The molecule has 3 heteroatoms. The van der Waals surface area contributed by atoms with Gasteiger partial charge in [0.05, 0.1) is 0 Å². The highest BCUT2D eigenvalue weighted by atomic mass is 16.5. The molecule has 0 aromatic heterocycles. The van der Waals surface area contributed by atoms with Gasteiger partial charge in [0.1, 0.15) is 6.07 Å². The molecule has 0 aromatic carbocycles. The van der Waals surface area contributed by atoms with Gasteiger partial charge in [-0.1, -0.05) is 12.7 Å². The first-order chi connectivity index (χ1) is 5.61. The van der Waals surface area contributed by atoms with E-state index in [1.54, 1.807) is 13.0 Å². The molecule has 0 aliphatic rings. The standard InChI is InChI=1S/C9H11NO2/c1-4-5-8(6-10)12-9(11)7(2)3/h4-5,8H,2H2,1,3H3. The number of nitriles is 1. The predicted octanol–water partition coefficient (Wildman–Crippen LogP) is 1.57. The molecule has 0 saturated carbocycles. The number of ether oxygens (including phenoxy) is 1. The fourth-order valence-electron chi connectivity index (χ4n) is 0.499. The molecule has 12 heavy (non-hydrogen) atoms. The third-order valence-electron chi connectivity index (χ3n) is 1.08. The second-order valence-corrected chi connectivity index (χ2v) is 2.26. The van der Waals surface area contributed by atoms with Crippen LogP contribution < -0.4 is 0 Å². The van der Waals surface area contributed by atoms with Crippen LogP contribution in [0, 0.1) is 11.3 Å². The largest absolute Gasteiger partial charge is 0.439 e. The second-order valence-electron chi connectivity index (χ2n) is 2.26. The van der Waals surface area contributed by atoms with Crippen molar-refractivity contribution < 1.29 is 9.53 Å². The molecule has 0 aliphatic carbocycles. The third-order valence-corrected chi connectivity index (χ3v) is 1.08. The van der Waals surface area contributed by atoms with Crippen molar-refractivity contribution >= 4 is 5.97 Å². The number of allylic oxidation sites excluding steroid dienone is 1. The van der Waals surface area contributed by atoms with Crippen LogP contribution in [0.1, 0.15) is 13.8 Å². The minimum absolute atomic E-state index is 0.291. The minimum Gasteiger partial charge on any atom is -0.439 e. The van der Waals surface area contributed by atoms with Gasteiger partial charge >= 0.3 is 5.97 Å². The maximum absolute atomic E-state index is 10.9. The number of esters is 1. The molecule has 64 valence electrons. The van der Waals surface area contributed by atoms with Crippen LogP contribution in [0.5, 0.6) is 0 Å². The average molecular weight is 165 g/mol. The molecule has 0 aliphatic heterocycles. The Labute approximate surface area is 71.9 Å². The zero-order chi connectivity index (χ0) is 9.56. The fourth-order valence-corrected chi connectivity index (χ4v) is 0.499. The van der Waals surface area contributed by atoms with Gasteiger partial charge in [0.25, 0.3) is 0 Å². The summed E-state index contributed by atoms with van der Waals surface area (Å²) >= 11 is 0. The number of hydrogen-bond acceptors (Lipinski definition) is 3. The summed E-state index contributed by atoms with van der Waals surface area (Å²) in [5.41, 5.74) is 0.291. The van der Waals surface area contributed by atoms with E-state index in [9.17, 15) is 4.79 Å². The smallest absolute Gasteiger partial charge is 0.334 e. The Hall–Kier alpha value is -1.56. The quantitative estimate of drug-likeness (QED) is 0.362. The Morgan fingerprint density at radius 1 is 1.75 bits per heavy atom. The maximum Gasteiger partial charge on any atom is 0.334 e. The van der Waals surface area contributed by atoms with Crippen molar-refractivity contribution in [3.63, 3.8) is 0 Å². The lowest BCUT2D eigenvalue weighted by Gasteiger charge is -2.05. The van der Waals surface area contributed by atoms with E-state index < -0.39 is 12.1 Å². The molecular weight excluding hydrogens is 154 g/mol. The third kappa shape index (κ3) is 3.57. The van der Waals surface area contributed by atoms with Crippen LogP contribution in [0.15, 0.2) is 24.3 Å². The molecule has 0 bridgehead atoms. The van der Waals surface area contributed by atoms with Crippen molar-refractivity contribution in [3.05, 3.63) is 24.3 Å².